The Labute approximate surface area is 136 Å². The molecule has 0 fully saturated rings. The van der Waals surface area contributed by atoms with E-state index < -0.39 is 0 Å². The highest BCUT2D eigenvalue weighted by molar-refractivity contribution is 5.96. The zero-order chi connectivity index (χ0) is 15.9. The fourth-order valence-electron chi connectivity index (χ4n) is 3.01. The lowest BCUT2D eigenvalue weighted by Gasteiger charge is -2.22. The molecule has 0 amide bonds. The maximum absolute atomic E-state index is 5.91. The van der Waals surface area contributed by atoms with E-state index in [1.807, 2.05) is 26.0 Å². The minimum absolute atomic E-state index is 0.219. The number of hydrogen-bond acceptors (Lipinski definition) is 3. The minimum Gasteiger partial charge on any atom is -0.469 e. The summed E-state index contributed by atoms with van der Waals surface area (Å²) in [5, 5.41) is 0. The first-order valence-electron chi connectivity index (χ1n) is 7.88. The number of hydrogen-bond donors (Lipinski definition) is 0. The van der Waals surface area contributed by atoms with Gasteiger partial charge in [-0.15, -0.1) is 0 Å². The van der Waals surface area contributed by atoms with Gasteiger partial charge in [0.25, 0.3) is 0 Å². The normalized spacial score (nSPS) is 21.1. The Morgan fingerprint density at radius 1 is 1.09 bits per heavy atom. The van der Waals surface area contributed by atoms with Gasteiger partial charge < -0.3 is 9.47 Å². The molecule has 0 spiro atoms. The molecule has 116 valence electrons. The Morgan fingerprint density at radius 2 is 1.91 bits per heavy atom. The predicted molar refractivity (Wildman–Crippen MR) is 91.1 cm³/mol. The van der Waals surface area contributed by atoms with Crippen molar-refractivity contribution >= 4 is 5.90 Å². The molecule has 0 saturated heterocycles. The van der Waals surface area contributed by atoms with Crippen LogP contribution in [-0.2, 0) is 4.74 Å². The van der Waals surface area contributed by atoms with Gasteiger partial charge in [0.05, 0.1) is 12.8 Å². The van der Waals surface area contributed by atoms with Crippen molar-refractivity contribution in [3.63, 3.8) is 0 Å². The van der Waals surface area contributed by atoms with Gasteiger partial charge in [0.15, 0.2) is 0 Å². The van der Waals surface area contributed by atoms with Gasteiger partial charge in [0.2, 0.25) is 5.90 Å². The molecular weight excluding hydrogens is 286 g/mol. The third-order valence-electron chi connectivity index (χ3n) is 4.20. The smallest absolute Gasteiger partial charge is 0.216 e. The molecule has 2 aromatic carbocycles. The first-order chi connectivity index (χ1) is 11.1. The molecular formula is C20H19NO2. The van der Waals surface area contributed by atoms with Gasteiger partial charge >= 0.3 is 0 Å². The fourth-order valence-corrected chi connectivity index (χ4v) is 3.01. The molecule has 0 saturated carbocycles. The van der Waals surface area contributed by atoms with Crippen molar-refractivity contribution in [2.75, 3.05) is 6.54 Å². The summed E-state index contributed by atoms with van der Waals surface area (Å²) in [5.41, 5.74) is 3.17. The number of allylic oxidation sites excluding steroid dienone is 1. The lowest BCUT2D eigenvalue weighted by atomic mass is 9.89. The van der Waals surface area contributed by atoms with Gasteiger partial charge in [-0.3, -0.25) is 0 Å². The van der Waals surface area contributed by atoms with Crippen LogP contribution >= 0.6 is 0 Å². The average molecular weight is 305 g/mol. The van der Waals surface area contributed by atoms with Gasteiger partial charge in [-0.2, -0.15) is 0 Å². The molecule has 2 aromatic rings. The van der Waals surface area contributed by atoms with E-state index in [4.69, 9.17) is 9.47 Å². The van der Waals surface area contributed by atoms with Gasteiger partial charge in [0.1, 0.15) is 11.4 Å². The second kappa shape index (κ2) is 5.27. The summed E-state index contributed by atoms with van der Waals surface area (Å²) in [6.07, 6.45) is 3.86. The first kappa shape index (κ1) is 14.1. The molecule has 3 heteroatoms. The van der Waals surface area contributed by atoms with E-state index in [-0.39, 0.29) is 11.5 Å². The topological polar surface area (TPSA) is 30.8 Å². The number of benzene rings is 2. The van der Waals surface area contributed by atoms with E-state index in [0.29, 0.717) is 12.4 Å². The first-order valence-corrected chi connectivity index (χ1v) is 7.88. The van der Waals surface area contributed by atoms with Gasteiger partial charge in [0, 0.05) is 17.0 Å². The maximum atomic E-state index is 5.91. The van der Waals surface area contributed by atoms with Gasteiger partial charge in [-0.25, -0.2) is 4.99 Å². The Balaban J connectivity index is 1.69. The van der Waals surface area contributed by atoms with E-state index in [9.17, 15) is 0 Å². The molecule has 2 aliphatic rings. The van der Waals surface area contributed by atoms with Crippen LogP contribution in [0.4, 0.5) is 0 Å². The van der Waals surface area contributed by atoms with Crippen LogP contribution in [0.2, 0.25) is 0 Å². The number of ether oxygens (including phenoxy) is 2. The fraction of sp³-hybridized carbons (Fsp3) is 0.250. The average Bonchev–Trinajstić information content (AvgIpc) is 2.94. The number of aliphatic imine (C=N–C) groups is 1. The molecule has 1 unspecified atom stereocenters. The molecule has 4 rings (SSSR count). The van der Waals surface area contributed by atoms with E-state index in [1.165, 1.54) is 11.1 Å². The van der Waals surface area contributed by atoms with Crippen LogP contribution < -0.4 is 4.74 Å². The monoisotopic (exact) mass is 305 g/mol. The molecule has 0 aromatic heterocycles. The van der Waals surface area contributed by atoms with Crippen molar-refractivity contribution in [1.82, 2.24) is 0 Å². The van der Waals surface area contributed by atoms with Crippen molar-refractivity contribution in [2.24, 2.45) is 4.99 Å². The van der Waals surface area contributed by atoms with Crippen LogP contribution in [0.3, 0.4) is 0 Å². The molecule has 3 nitrogen and oxygen atoms in total. The van der Waals surface area contributed by atoms with Crippen LogP contribution in [0, 0.1) is 0 Å². The Bertz CT molecular complexity index is 791. The highest BCUT2D eigenvalue weighted by Gasteiger charge is 2.29. The van der Waals surface area contributed by atoms with Crippen molar-refractivity contribution < 1.29 is 9.47 Å². The molecule has 2 heterocycles. The van der Waals surface area contributed by atoms with Crippen molar-refractivity contribution in [3.8, 4) is 5.75 Å². The number of nitrogens with zero attached hydrogens (tertiary/aromatic N) is 1. The summed E-state index contributed by atoms with van der Waals surface area (Å²) in [4.78, 5) is 4.51. The van der Waals surface area contributed by atoms with Gasteiger partial charge in [-0.05, 0) is 37.6 Å². The molecule has 0 radical (unpaired) electrons. The molecule has 2 aliphatic heterocycles. The highest BCUT2D eigenvalue weighted by Crippen LogP contribution is 2.37. The molecule has 23 heavy (non-hydrogen) atoms. The van der Waals surface area contributed by atoms with Crippen LogP contribution in [-0.4, -0.2) is 18.0 Å². The highest BCUT2D eigenvalue weighted by atomic mass is 16.5. The molecule has 0 aliphatic carbocycles. The van der Waals surface area contributed by atoms with Crippen LogP contribution in [0.25, 0.3) is 0 Å². The summed E-state index contributed by atoms with van der Waals surface area (Å²) >= 11 is 0. The number of rotatable bonds is 2. The van der Waals surface area contributed by atoms with E-state index in [2.05, 4.69) is 47.5 Å². The molecule has 0 bridgehead atoms. The van der Waals surface area contributed by atoms with Crippen LogP contribution in [0.15, 0.2) is 65.9 Å². The van der Waals surface area contributed by atoms with Crippen molar-refractivity contribution in [1.29, 1.82) is 0 Å². The Morgan fingerprint density at radius 3 is 2.65 bits per heavy atom. The minimum atomic E-state index is -0.224. The van der Waals surface area contributed by atoms with E-state index in [0.717, 1.165) is 11.3 Å². The molecule has 0 N–H and O–H groups in total. The van der Waals surface area contributed by atoms with E-state index >= 15 is 0 Å². The van der Waals surface area contributed by atoms with Crippen molar-refractivity contribution in [3.05, 3.63) is 77.6 Å². The van der Waals surface area contributed by atoms with Crippen LogP contribution in [0.1, 0.15) is 36.5 Å². The second-order valence-corrected chi connectivity index (χ2v) is 6.57. The third-order valence-corrected chi connectivity index (χ3v) is 4.20. The summed E-state index contributed by atoms with van der Waals surface area (Å²) in [7, 11) is 0. The standard InChI is InChI=1S/C20H19NO2/c1-20(2)13-21-19(23-20)15-8-9-17-16(10-11-22-18(17)12-15)14-6-4-3-5-7-14/h3-12,16H,13H2,1-2H3. The lowest BCUT2D eigenvalue weighted by Crippen LogP contribution is -2.24. The zero-order valence-electron chi connectivity index (χ0n) is 13.3. The summed E-state index contributed by atoms with van der Waals surface area (Å²) in [5.74, 6) is 1.79. The summed E-state index contributed by atoms with van der Waals surface area (Å²) in [6.45, 7) is 4.78. The maximum Gasteiger partial charge on any atom is 0.216 e. The van der Waals surface area contributed by atoms with Gasteiger partial charge in [-0.1, -0.05) is 36.4 Å². The largest absolute Gasteiger partial charge is 0.469 e. The van der Waals surface area contributed by atoms with Crippen molar-refractivity contribution in [2.45, 2.75) is 25.4 Å². The number of fused-ring (bicyclic) bond motifs is 1. The summed E-state index contributed by atoms with van der Waals surface area (Å²) in [6, 6.07) is 16.7. The SMILES string of the molecule is CC1(C)CN=C(c2ccc3c(c2)OC=CC3c2ccccc2)O1. The van der Waals surface area contributed by atoms with E-state index in [1.54, 1.807) is 6.26 Å². The second-order valence-electron chi connectivity index (χ2n) is 6.57. The van der Waals surface area contributed by atoms with Crippen LogP contribution in [0.5, 0.6) is 5.75 Å². The lowest BCUT2D eigenvalue weighted by molar-refractivity contribution is 0.131. The third kappa shape index (κ3) is 2.63. The Hall–Kier alpha value is -2.55. The molecule has 1 atom stereocenters. The quantitative estimate of drug-likeness (QED) is 0.829. The predicted octanol–water partition coefficient (Wildman–Crippen LogP) is 4.28. The summed E-state index contributed by atoms with van der Waals surface area (Å²) < 4.78 is 11.7. The Kier molecular flexibility index (Phi) is 3.22. The zero-order valence-corrected chi connectivity index (χ0v) is 13.3.